The maximum absolute atomic E-state index is 13.2. The Bertz CT molecular complexity index is 1660. The van der Waals surface area contributed by atoms with Crippen molar-refractivity contribution in [3.63, 3.8) is 0 Å². The fraction of sp³-hybridized carbons (Fsp3) is 0.579. The molecule has 10 nitrogen and oxygen atoms in total. The SMILES string of the molecule is COc1cc2c(N[C@H](C)c3cccc(Br)c3)nc(C)nc2cc1OCC(=O)N1CCN(CCNC(=O)CC23CC4CC(CC(C4)C2)C3)CC1. The third kappa shape index (κ3) is 7.83. The van der Waals surface area contributed by atoms with Gasteiger partial charge in [0.1, 0.15) is 11.6 Å². The number of carbonyl (C=O) groups is 2. The second kappa shape index (κ2) is 14.4. The first-order chi connectivity index (χ1) is 23.6. The highest BCUT2D eigenvalue weighted by molar-refractivity contribution is 9.10. The first kappa shape index (κ1) is 34.0. The second-order valence-corrected chi connectivity index (χ2v) is 15.9. The molecule has 8 rings (SSSR count). The average Bonchev–Trinajstić information content (AvgIpc) is 3.06. The Balaban J connectivity index is 0.884. The van der Waals surface area contributed by atoms with Crippen molar-refractivity contribution in [1.29, 1.82) is 0 Å². The van der Waals surface area contributed by atoms with E-state index in [1.54, 1.807) is 7.11 Å². The number of halogens is 1. The first-order valence-electron chi connectivity index (χ1n) is 17.9. The van der Waals surface area contributed by atoms with Crippen molar-refractivity contribution in [2.75, 3.05) is 58.3 Å². The molecule has 1 aromatic heterocycles. The van der Waals surface area contributed by atoms with Gasteiger partial charge in [0.15, 0.2) is 18.1 Å². The maximum Gasteiger partial charge on any atom is 0.260 e. The number of aryl methyl sites for hydroxylation is 1. The summed E-state index contributed by atoms with van der Waals surface area (Å²) in [5.41, 5.74) is 2.10. The van der Waals surface area contributed by atoms with E-state index in [-0.39, 0.29) is 29.9 Å². The van der Waals surface area contributed by atoms with Gasteiger partial charge in [0, 0.05) is 61.6 Å². The molecule has 1 aliphatic heterocycles. The number of rotatable bonds is 12. The normalized spacial score (nSPS) is 25.3. The minimum Gasteiger partial charge on any atom is -0.493 e. The van der Waals surface area contributed by atoms with E-state index in [2.05, 4.69) is 60.5 Å². The number of piperazine rings is 1. The topological polar surface area (TPSA) is 109 Å². The van der Waals surface area contributed by atoms with Crippen molar-refractivity contribution in [2.24, 2.45) is 23.2 Å². The van der Waals surface area contributed by atoms with Crippen LogP contribution in [0.5, 0.6) is 11.5 Å². The largest absolute Gasteiger partial charge is 0.493 e. The lowest BCUT2D eigenvalue weighted by Gasteiger charge is -2.56. The van der Waals surface area contributed by atoms with E-state index in [1.807, 2.05) is 36.1 Å². The Morgan fingerprint density at radius 3 is 2.39 bits per heavy atom. The van der Waals surface area contributed by atoms with E-state index >= 15 is 0 Å². The molecule has 0 radical (unpaired) electrons. The van der Waals surface area contributed by atoms with Crippen LogP contribution in [0.15, 0.2) is 40.9 Å². The van der Waals surface area contributed by atoms with Gasteiger partial charge in [-0.2, -0.15) is 0 Å². The molecule has 5 aliphatic rings. The summed E-state index contributed by atoms with van der Waals surface area (Å²) >= 11 is 3.56. The van der Waals surface area contributed by atoms with Crippen LogP contribution in [-0.2, 0) is 9.59 Å². The lowest BCUT2D eigenvalue weighted by atomic mass is 9.49. The smallest absolute Gasteiger partial charge is 0.260 e. The summed E-state index contributed by atoms with van der Waals surface area (Å²) < 4.78 is 12.7. The molecular formula is C38H49BrN6O4. The van der Waals surface area contributed by atoms with Gasteiger partial charge in [-0.3, -0.25) is 14.5 Å². The second-order valence-electron chi connectivity index (χ2n) is 15.0. The van der Waals surface area contributed by atoms with Crippen LogP contribution < -0.4 is 20.1 Å². The molecule has 4 aliphatic carbocycles. The van der Waals surface area contributed by atoms with E-state index in [1.165, 1.54) is 38.5 Å². The number of ether oxygens (including phenoxy) is 2. The number of amides is 2. The van der Waals surface area contributed by atoms with Crippen LogP contribution in [0.25, 0.3) is 10.9 Å². The standard InChI is InChI=1S/C38H49BrN6O4/c1-24(29-5-4-6-30(39)16-29)41-37-31-17-33(48-3)34(18-32(31)42-25(2)43-37)49-23-36(47)45-11-9-44(10-12-45)8-7-40-35(46)22-38-19-26-13-27(20-38)15-28(14-26)21-38/h4-6,16-18,24,26-28H,7-15,19-23H2,1-3H3,(H,40,46)(H,41,42,43)/t24-,26?,27?,28?,38?/m1/s1. The predicted molar refractivity (Wildman–Crippen MR) is 194 cm³/mol. The third-order valence-electron chi connectivity index (χ3n) is 11.3. The number of carbonyl (C=O) groups excluding carboxylic acids is 2. The fourth-order valence-corrected chi connectivity index (χ4v) is 9.83. The highest BCUT2D eigenvalue weighted by Crippen LogP contribution is 2.61. The predicted octanol–water partition coefficient (Wildman–Crippen LogP) is 6.13. The number of nitrogens with one attached hydrogen (secondary N) is 2. The Kier molecular flexibility index (Phi) is 10.0. The zero-order valence-electron chi connectivity index (χ0n) is 29.0. The molecule has 1 saturated heterocycles. The Hall–Kier alpha value is -3.44. The molecule has 11 heteroatoms. The van der Waals surface area contributed by atoms with Crippen molar-refractivity contribution >= 4 is 44.5 Å². The Labute approximate surface area is 297 Å². The first-order valence-corrected chi connectivity index (χ1v) is 18.7. The molecule has 49 heavy (non-hydrogen) atoms. The van der Waals surface area contributed by atoms with Gasteiger partial charge in [-0.1, -0.05) is 28.1 Å². The zero-order valence-corrected chi connectivity index (χ0v) is 30.6. The molecule has 3 aromatic rings. The van der Waals surface area contributed by atoms with Gasteiger partial charge in [0.25, 0.3) is 5.91 Å². The molecule has 2 aromatic carbocycles. The van der Waals surface area contributed by atoms with Gasteiger partial charge in [0.2, 0.25) is 5.91 Å². The minimum absolute atomic E-state index is 0.00452. The number of benzene rings is 2. The number of hydrogen-bond donors (Lipinski definition) is 2. The molecule has 1 atom stereocenters. The van der Waals surface area contributed by atoms with Crippen molar-refractivity contribution in [1.82, 2.24) is 25.1 Å². The summed E-state index contributed by atoms with van der Waals surface area (Å²) in [5, 5.41) is 7.55. The van der Waals surface area contributed by atoms with Crippen molar-refractivity contribution < 1.29 is 19.1 Å². The molecule has 4 bridgehead atoms. The maximum atomic E-state index is 13.2. The van der Waals surface area contributed by atoms with E-state index in [0.717, 1.165) is 52.8 Å². The molecule has 4 saturated carbocycles. The van der Waals surface area contributed by atoms with Crippen LogP contribution in [0.1, 0.15) is 69.3 Å². The van der Waals surface area contributed by atoms with Crippen molar-refractivity contribution in [3.8, 4) is 11.5 Å². The van der Waals surface area contributed by atoms with Gasteiger partial charge in [-0.15, -0.1) is 0 Å². The minimum atomic E-state index is -0.0860. The summed E-state index contributed by atoms with van der Waals surface area (Å²) in [5.74, 6) is 5.08. The van der Waals surface area contributed by atoms with Crippen molar-refractivity contribution in [3.05, 3.63) is 52.3 Å². The average molecular weight is 734 g/mol. The number of methoxy groups -OCH3 is 1. The van der Waals surface area contributed by atoms with Crippen LogP contribution in [0, 0.1) is 30.1 Å². The van der Waals surface area contributed by atoms with Crippen LogP contribution >= 0.6 is 15.9 Å². The number of aromatic nitrogens is 2. The lowest BCUT2D eigenvalue weighted by molar-refractivity contribution is -0.135. The molecule has 0 spiro atoms. The van der Waals surface area contributed by atoms with Crippen LogP contribution in [0.2, 0.25) is 0 Å². The highest BCUT2D eigenvalue weighted by atomic mass is 79.9. The molecular weight excluding hydrogens is 684 g/mol. The van der Waals surface area contributed by atoms with Gasteiger partial charge < -0.3 is 25.0 Å². The van der Waals surface area contributed by atoms with Gasteiger partial charge in [-0.05, 0) is 99.3 Å². The molecule has 0 unspecified atom stereocenters. The number of fused-ring (bicyclic) bond motifs is 1. The summed E-state index contributed by atoms with van der Waals surface area (Å²) in [7, 11) is 1.59. The summed E-state index contributed by atoms with van der Waals surface area (Å²) in [6.45, 7) is 8.16. The summed E-state index contributed by atoms with van der Waals surface area (Å²) in [6, 6.07) is 11.9. The molecule has 2 N–H and O–H groups in total. The quantitative estimate of drug-likeness (QED) is 0.229. The Morgan fingerprint density at radius 2 is 1.71 bits per heavy atom. The monoisotopic (exact) mass is 732 g/mol. The number of nitrogens with zero attached hydrogens (tertiary/aromatic N) is 4. The van der Waals surface area contributed by atoms with E-state index in [9.17, 15) is 9.59 Å². The van der Waals surface area contributed by atoms with Crippen LogP contribution in [0.3, 0.4) is 0 Å². The molecule has 262 valence electrons. The van der Waals surface area contributed by atoms with E-state index in [4.69, 9.17) is 9.47 Å². The molecule has 2 heterocycles. The van der Waals surface area contributed by atoms with Gasteiger partial charge in [-0.25, -0.2) is 9.97 Å². The number of hydrogen-bond acceptors (Lipinski definition) is 8. The van der Waals surface area contributed by atoms with Crippen molar-refractivity contribution in [2.45, 2.75) is 64.8 Å². The third-order valence-corrected chi connectivity index (χ3v) is 11.8. The van der Waals surface area contributed by atoms with Crippen LogP contribution in [-0.4, -0.2) is 84.6 Å². The molecule has 2 amide bonds. The summed E-state index contributed by atoms with van der Waals surface area (Å²) in [6.07, 6.45) is 8.71. The Morgan fingerprint density at radius 1 is 1.00 bits per heavy atom. The lowest BCUT2D eigenvalue weighted by Crippen LogP contribution is -2.51. The zero-order chi connectivity index (χ0) is 34.1. The highest BCUT2D eigenvalue weighted by Gasteiger charge is 2.51. The van der Waals surface area contributed by atoms with Gasteiger partial charge >= 0.3 is 0 Å². The van der Waals surface area contributed by atoms with E-state index < -0.39 is 0 Å². The van der Waals surface area contributed by atoms with Gasteiger partial charge in [0.05, 0.1) is 18.7 Å². The fourth-order valence-electron chi connectivity index (χ4n) is 9.41. The summed E-state index contributed by atoms with van der Waals surface area (Å²) in [4.78, 5) is 39.6. The number of anilines is 1. The van der Waals surface area contributed by atoms with Crippen LogP contribution in [0.4, 0.5) is 5.82 Å². The molecule has 5 fully saturated rings. The van der Waals surface area contributed by atoms with E-state index in [0.29, 0.717) is 54.7 Å².